The minimum Gasteiger partial charge on any atom is -0.0622 e. The van der Waals surface area contributed by atoms with Gasteiger partial charge in [-0.25, -0.2) is 0 Å². The normalized spacial score (nSPS) is 40.4. The van der Waals surface area contributed by atoms with E-state index in [9.17, 15) is 0 Å². The van der Waals surface area contributed by atoms with Crippen LogP contribution in [0.25, 0.3) is 0 Å². The van der Waals surface area contributed by atoms with E-state index in [4.69, 9.17) is 0 Å². The van der Waals surface area contributed by atoms with Crippen molar-refractivity contribution in [3.63, 3.8) is 0 Å². The summed E-state index contributed by atoms with van der Waals surface area (Å²) < 4.78 is 0. The van der Waals surface area contributed by atoms with Gasteiger partial charge in [0.05, 0.1) is 0 Å². The Bertz CT molecular complexity index is 284. The van der Waals surface area contributed by atoms with E-state index in [1.165, 1.54) is 57.8 Å². The van der Waals surface area contributed by atoms with Crippen LogP contribution in [0.2, 0.25) is 0 Å². The maximum atomic E-state index is 2.61. The number of hydrogen-bond acceptors (Lipinski definition) is 0. The highest BCUT2D eigenvalue weighted by Crippen LogP contribution is 2.51. The molecule has 3 aliphatic rings. The topological polar surface area (TPSA) is 0 Å². The Morgan fingerprint density at radius 3 is 1.71 bits per heavy atom. The summed E-state index contributed by atoms with van der Waals surface area (Å²) in [5.74, 6) is 5.45. The number of rotatable bonds is 1. The Kier molecular flexibility index (Phi) is 6.07. The molecule has 21 heavy (non-hydrogen) atoms. The van der Waals surface area contributed by atoms with E-state index in [0.717, 1.165) is 29.6 Å². The first-order chi connectivity index (χ1) is 10.4. The molecule has 0 nitrogen and oxygen atoms in total. The molecule has 0 radical (unpaired) electrons. The lowest BCUT2D eigenvalue weighted by molar-refractivity contribution is 0.0155. The molecule has 0 aromatic rings. The Morgan fingerprint density at radius 1 is 0.476 bits per heavy atom. The van der Waals surface area contributed by atoms with Crippen molar-refractivity contribution in [2.24, 2.45) is 29.6 Å². The molecule has 3 saturated carbocycles. The first-order valence-corrected chi connectivity index (χ1v) is 10.4. The van der Waals surface area contributed by atoms with E-state index in [2.05, 4.69) is 6.92 Å². The monoisotopic (exact) mass is 290 g/mol. The largest absolute Gasteiger partial charge is 0.0622 e. The van der Waals surface area contributed by atoms with Crippen LogP contribution in [-0.4, -0.2) is 0 Å². The van der Waals surface area contributed by atoms with Gasteiger partial charge in [0.1, 0.15) is 0 Å². The average molecular weight is 291 g/mol. The molecule has 0 spiro atoms. The van der Waals surface area contributed by atoms with Crippen LogP contribution in [0.15, 0.2) is 0 Å². The molecule has 4 atom stereocenters. The zero-order chi connectivity index (χ0) is 14.5. The lowest BCUT2D eigenvalue weighted by Gasteiger charge is -2.48. The van der Waals surface area contributed by atoms with Crippen molar-refractivity contribution in [2.75, 3.05) is 0 Å². The smallest absolute Gasteiger partial charge is 0.0329 e. The first-order valence-electron chi connectivity index (χ1n) is 10.4. The second kappa shape index (κ2) is 8.02. The molecule has 0 bridgehead atoms. The van der Waals surface area contributed by atoms with Crippen molar-refractivity contribution < 1.29 is 0 Å². The molecule has 0 aromatic heterocycles. The first kappa shape index (κ1) is 15.9. The van der Waals surface area contributed by atoms with Crippen LogP contribution >= 0.6 is 0 Å². The summed E-state index contributed by atoms with van der Waals surface area (Å²) in [5, 5.41) is 0. The highest BCUT2D eigenvalue weighted by molar-refractivity contribution is 4.91. The van der Waals surface area contributed by atoms with Gasteiger partial charge in [-0.15, -0.1) is 0 Å². The van der Waals surface area contributed by atoms with Crippen molar-refractivity contribution in [2.45, 2.75) is 103 Å². The van der Waals surface area contributed by atoms with E-state index in [-0.39, 0.29) is 0 Å². The van der Waals surface area contributed by atoms with E-state index in [0.29, 0.717) is 0 Å². The molecular weight excluding hydrogens is 252 g/mol. The van der Waals surface area contributed by atoms with Crippen LogP contribution < -0.4 is 0 Å². The van der Waals surface area contributed by atoms with E-state index in [1.54, 1.807) is 38.5 Å². The van der Waals surface area contributed by atoms with Crippen LogP contribution in [0.3, 0.4) is 0 Å². The SMILES string of the molecule is CC1CCC2CCCCC2C1C1CCCCCCCCC1. The maximum Gasteiger partial charge on any atom is -0.0329 e. The van der Waals surface area contributed by atoms with Crippen LogP contribution in [0.1, 0.15) is 103 Å². The van der Waals surface area contributed by atoms with E-state index in [1.807, 2.05) is 0 Å². The molecule has 122 valence electrons. The standard InChI is InChI=1S/C21H38/c1-17-15-16-18-11-9-10-14-20(18)21(17)19-12-7-5-3-2-4-6-8-13-19/h17-21H,2-16H2,1H3. The highest BCUT2D eigenvalue weighted by Gasteiger charge is 2.41. The van der Waals surface area contributed by atoms with Crippen molar-refractivity contribution in [3.05, 3.63) is 0 Å². The number of fused-ring (bicyclic) bond motifs is 1. The lowest BCUT2D eigenvalue weighted by Crippen LogP contribution is -2.39. The predicted molar refractivity (Wildman–Crippen MR) is 92.4 cm³/mol. The third-order valence-corrected chi connectivity index (χ3v) is 7.31. The maximum absolute atomic E-state index is 2.61. The third-order valence-electron chi connectivity index (χ3n) is 7.31. The van der Waals surface area contributed by atoms with Gasteiger partial charge in [0.2, 0.25) is 0 Å². The lowest BCUT2D eigenvalue weighted by atomic mass is 9.57. The molecule has 0 heterocycles. The zero-order valence-electron chi connectivity index (χ0n) is 14.5. The molecule has 0 heteroatoms. The van der Waals surface area contributed by atoms with Gasteiger partial charge in [-0.2, -0.15) is 0 Å². The molecule has 4 unspecified atom stereocenters. The second-order valence-corrected chi connectivity index (χ2v) is 8.65. The van der Waals surface area contributed by atoms with Gasteiger partial charge in [0.25, 0.3) is 0 Å². The van der Waals surface area contributed by atoms with E-state index >= 15 is 0 Å². The molecule has 0 saturated heterocycles. The van der Waals surface area contributed by atoms with Crippen molar-refractivity contribution >= 4 is 0 Å². The summed E-state index contributed by atoms with van der Waals surface area (Å²) >= 11 is 0. The fourth-order valence-electron chi connectivity index (χ4n) is 6.23. The second-order valence-electron chi connectivity index (χ2n) is 8.65. The molecule has 0 amide bonds. The third kappa shape index (κ3) is 4.05. The van der Waals surface area contributed by atoms with Crippen LogP contribution in [0, 0.1) is 29.6 Å². The summed E-state index contributed by atoms with van der Waals surface area (Å²) in [6.07, 6.45) is 23.1. The fraction of sp³-hybridized carbons (Fsp3) is 1.00. The summed E-state index contributed by atoms with van der Waals surface area (Å²) in [6, 6.07) is 0. The van der Waals surface area contributed by atoms with Gasteiger partial charge in [0.15, 0.2) is 0 Å². The van der Waals surface area contributed by atoms with Gasteiger partial charge in [-0.1, -0.05) is 90.4 Å². The Balaban J connectivity index is 1.67. The summed E-state index contributed by atoms with van der Waals surface area (Å²) in [7, 11) is 0. The van der Waals surface area contributed by atoms with E-state index < -0.39 is 0 Å². The Morgan fingerprint density at radius 2 is 1.00 bits per heavy atom. The zero-order valence-corrected chi connectivity index (χ0v) is 14.5. The molecule has 0 N–H and O–H groups in total. The minimum absolute atomic E-state index is 1.03. The van der Waals surface area contributed by atoms with Crippen LogP contribution in [-0.2, 0) is 0 Å². The van der Waals surface area contributed by atoms with Crippen LogP contribution in [0.5, 0.6) is 0 Å². The molecule has 3 rings (SSSR count). The van der Waals surface area contributed by atoms with Gasteiger partial charge in [0, 0.05) is 0 Å². The van der Waals surface area contributed by atoms with Gasteiger partial charge >= 0.3 is 0 Å². The summed E-state index contributed by atoms with van der Waals surface area (Å²) in [6.45, 7) is 2.61. The van der Waals surface area contributed by atoms with Crippen LogP contribution in [0.4, 0.5) is 0 Å². The van der Waals surface area contributed by atoms with Crippen molar-refractivity contribution in [1.82, 2.24) is 0 Å². The van der Waals surface area contributed by atoms with Gasteiger partial charge < -0.3 is 0 Å². The van der Waals surface area contributed by atoms with Gasteiger partial charge in [-0.3, -0.25) is 0 Å². The average Bonchev–Trinajstić information content (AvgIpc) is 2.53. The van der Waals surface area contributed by atoms with Gasteiger partial charge in [-0.05, 0) is 42.4 Å². The molecule has 3 aliphatic carbocycles. The highest BCUT2D eigenvalue weighted by atomic mass is 14.5. The predicted octanol–water partition coefficient (Wildman–Crippen LogP) is 6.98. The molecule has 3 fully saturated rings. The Labute approximate surface area is 133 Å². The van der Waals surface area contributed by atoms with Crippen molar-refractivity contribution in [1.29, 1.82) is 0 Å². The van der Waals surface area contributed by atoms with Crippen molar-refractivity contribution in [3.8, 4) is 0 Å². The minimum atomic E-state index is 1.03. The molecule has 0 aromatic carbocycles. The fourth-order valence-corrected chi connectivity index (χ4v) is 6.23. The molecule has 0 aliphatic heterocycles. The summed E-state index contributed by atoms with van der Waals surface area (Å²) in [5.41, 5.74) is 0. The summed E-state index contributed by atoms with van der Waals surface area (Å²) in [4.78, 5) is 0. The number of hydrogen-bond donors (Lipinski definition) is 0. The molecular formula is C21H38. The Hall–Kier alpha value is 0. The quantitative estimate of drug-likeness (QED) is 0.488.